The van der Waals surface area contributed by atoms with Gasteiger partial charge in [0.2, 0.25) is 5.91 Å². The van der Waals surface area contributed by atoms with E-state index >= 15 is 0 Å². The molecule has 2 aromatic rings. The first-order valence-electron chi connectivity index (χ1n) is 6.25. The number of rotatable bonds is 7. The van der Waals surface area contributed by atoms with E-state index in [1.54, 1.807) is 13.2 Å². The Bertz CT molecular complexity index is 637. The van der Waals surface area contributed by atoms with Gasteiger partial charge in [0.15, 0.2) is 11.0 Å². The van der Waals surface area contributed by atoms with Gasteiger partial charge in [-0.1, -0.05) is 17.8 Å². The van der Waals surface area contributed by atoms with Gasteiger partial charge in [-0.05, 0) is 24.3 Å². The number of nitrogens with zero attached hydrogens (tertiary/aromatic N) is 3. The first kappa shape index (κ1) is 15.1. The maximum atomic E-state index is 10.9. The van der Waals surface area contributed by atoms with Crippen LogP contribution in [0.25, 0.3) is 11.4 Å². The van der Waals surface area contributed by atoms with E-state index in [0.717, 1.165) is 11.3 Å². The van der Waals surface area contributed by atoms with E-state index in [1.807, 2.05) is 28.8 Å². The van der Waals surface area contributed by atoms with Crippen LogP contribution in [-0.2, 0) is 11.3 Å². The number of hydrogen-bond donors (Lipinski definition) is 1. The Labute approximate surface area is 127 Å². The Morgan fingerprint density at radius 1 is 1.43 bits per heavy atom. The molecule has 0 spiro atoms. The smallest absolute Gasteiger partial charge is 0.227 e. The summed E-state index contributed by atoms with van der Waals surface area (Å²) in [5.41, 5.74) is 6.08. The summed E-state index contributed by atoms with van der Waals surface area (Å²) >= 11 is 1.26. The first-order chi connectivity index (χ1) is 10.2. The number of amides is 1. The summed E-state index contributed by atoms with van der Waals surface area (Å²) < 4.78 is 7.03. The van der Waals surface area contributed by atoms with Crippen molar-refractivity contribution in [3.05, 3.63) is 36.9 Å². The minimum absolute atomic E-state index is 0.165. The molecule has 0 saturated heterocycles. The molecule has 1 aromatic carbocycles. The number of carbonyl (C=O) groups is 1. The molecular weight excluding hydrogens is 288 g/mol. The van der Waals surface area contributed by atoms with E-state index < -0.39 is 0 Å². The molecule has 0 aliphatic heterocycles. The van der Waals surface area contributed by atoms with E-state index in [-0.39, 0.29) is 11.7 Å². The van der Waals surface area contributed by atoms with Crippen molar-refractivity contribution in [2.75, 3.05) is 12.9 Å². The minimum atomic E-state index is -0.390. The molecule has 110 valence electrons. The molecule has 1 amide bonds. The van der Waals surface area contributed by atoms with Gasteiger partial charge in [-0.15, -0.1) is 16.8 Å². The molecule has 6 nitrogen and oxygen atoms in total. The molecule has 2 N–H and O–H groups in total. The Morgan fingerprint density at radius 2 is 2.14 bits per heavy atom. The van der Waals surface area contributed by atoms with Crippen molar-refractivity contribution in [2.45, 2.75) is 11.7 Å². The summed E-state index contributed by atoms with van der Waals surface area (Å²) in [6.45, 7) is 4.29. The summed E-state index contributed by atoms with van der Waals surface area (Å²) in [7, 11) is 1.62. The van der Waals surface area contributed by atoms with E-state index in [1.165, 1.54) is 11.8 Å². The van der Waals surface area contributed by atoms with Crippen LogP contribution in [0.4, 0.5) is 0 Å². The normalized spacial score (nSPS) is 10.3. The van der Waals surface area contributed by atoms with E-state index in [9.17, 15) is 4.79 Å². The molecule has 0 aliphatic rings. The number of methoxy groups -OCH3 is 1. The molecule has 0 aliphatic carbocycles. The van der Waals surface area contributed by atoms with Crippen molar-refractivity contribution in [2.24, 2.45) is 5.73 Å². The second kappa shape index (κ2) is 6.94. The second-order valence-electron chi connectivity index (χ2n) is 4.19. The van der Waals surface area contributed by atoms with E-state index in [0.29, 0.717) is 17.5 Å². The van der Waals surface area contributed by atoms with Gasteiger partial charge in [0.1, 0.15) is 5.75 Å². The lowest BCUT2D eigenvalue weighted by molar-refractivity contribution is -0.115. The number of carbonyl (C=O) groups excluding carboxylic acids is 1. The van der Waals surface area contributed by atoms with Crippen molar-refractivity contribution in [3.8, 4) is 17.1 Å². The topological polar surface area (TPSA) is 83.0 Å². The number of nitrogens with two attached hydrogens (primary N) is 1. The summed E-state index contributed by atoms with van der Waals surface area (Å²) in [6, 6.07) is 7.53. The van der Waals surface area contributed by atoms with Crippen LogP contribution in [0.5, 0.6) is 5.75 Å². The van der Waals surface area contributed by atoms with Crippen LogP contribution < -0.4 is 10.5 Å². The minimum Gasteiger partial charge on any atom is -0.497 e. The molecule has 7 heteroatoms. The Morgan fingerprint density at radius 3 is 2.71 bits per heavy atom. The Balaban J connectivity index is 2.33. The summed E-state index contributed by atoms with van der Waals surface area (Å²) in [5.74, 6) is 1.26. The van der Waals surface area contributed by atoms with Crippen LogP contribution in [-0.4, -0.2) is 33.5 Å². The van der Waals surface area contributed by atoms with Crippen LogP contribution in [0, 0.1) is 0 Å². The fraction of sp³-hybridized carbons (Fsp3) is 0.214. The third-order valence-electron chi connectivity index (χ3n) is 2.72. The number of primary amides is 1. The predicted molar refractivity (Wildman–Crippen MR) is 82.1 cm³/mol. The standard InChI is InChI=1S/C14H16N4O2S/c1-3-8-18-13(10-4-6-11(20-2)7-5-10)16-17-14(18)21-9-12(15)19/h3-7H,1,8-9H2,2H3,(H2,15,19). The number of benzene rings is 1. The highest BCUT2D eigenvalue weighted by Gasteiger charge is 2.14. The van der Waals surface area contributed by atoms with Gasteiger partial charge < -0.3 is 10.5 Å². The van der Waals surface area contributed by atoms with Crippen molar-refractivity contribution < 1.29 is 9.53 Å². The van der Waals surface area contributed by atoms with E-state index in [2.05, 4.69) is 16.8 Å². The van der Waals surface area contributed by atoms with Crippen LogP contribution in [0.1, 0.15) is 0 Å². The lowest BCUT2D eigenvalue weighted by Crippen LogP contribution is -2.13. The number of allylic oxidation sites excluding steroid dienone is 1. The van der Waals surface area contributed by atoms with Crippen LogP contribution in [0.2, 0.25) is 0 Å². The number of hydrogen-bond acceptors (Lipinski definition) is 5. The zero-order valence-electron chi connectivity index (χ0n) is 11.7. The Kier molecular flexibility index (Phi) is 4.99. The first-order valence-corrected chi connectivity index (χ1v) is 7.24. The highest BCUT2D eigenvalue weighted by atomic mass is 32.2. The molecule has 0 atom stereocenters. The molecule has 1 heterocycles. The Hall–Kier alpha value is -2.28. The summed E-state index contributed by atoms with van der Waals surface area (Å²) in [4.78, 5) is 10.9. The lowest BCUT2D eigenvalue weighted by Gasteiger charge is -2.07. The third kappa shape index (κ3) is 3.63. The fourth-order valence-electron chi connectivity index (χ4n) is 1.78. The molecular formula is C14H16N4O2S. The highest BCUT2D eigenvalue weighted by Crippen LogP contribution is 2.25. The lowest BCUT2D eigenvalue weighted by atomic mass is 10.2. The van der Waals surface area contributed by atoms with Crippen LogP contribution >= 0.6 is 11.8 Å². The second-order valence-corrected chi connectivity index (χ2v) is 5.13. The molecule has 1 aromatic heterocycles. The molecule has 0 saturated carbocycles. The molecule has 21 heavy (non-hydrogen) atoms. The molecule has 0 fully saturated rings. The summed E-state index contributed by atoms with van der Waals surface area (Å²) in [5, 5.41) is 8.94. The number of ether oxygens (including phenoxy) is 1. The van der Waals surface area contributed by atoms with Crippen LogP contribution in [0.3, 0.4) is 0 Å². The van der Waals surface area contributed by atoms with Crippen LogP contribution in [0.15, 0.2) is 42.1 Å². The quantitative estimate of drug-likeness (QED) is 0.622. The maximum absolute atomic E-state index is 10.9. The third-order valence-corrected chi connectivity index (χ3v) is 3.71. The predicted octanol–water partition coefficient (Wildman–Crippen LogP) is 1.72. The molecule has 0 bridgehead atoms. The molecule has 2 rings (SSSR count). The number of thioether (sulfide) groups is 1. The van der Waals surface area contributed by atoms with Gasteiger partial charge in [0.05, 0.1) is 12.9 Å². The van der Waals surface area contributed by atoms with Crippen molar-refractivity contribution in [3.63, 3.8) is 0 Å². The SMILES string of the molecule is C=CCn1c(SCC(N)=O)nnc1-c1ccc(OC)cc1. The van der Waals surface area contributed by atoms with Crippen molar-refractivity contribution in [1.82, 2.24) is 14.8 Å². The fourth-order valence-corrected chi connectivity index (χ4v) is 2.47. The average Bonchev–Trinajstić information content (AvgIpc) is 2.88. The van der Waals surface area contributed by atoms with Gasteiger partial charge in [0.25, 0.3) is 0 Å². The number of aromatic nitrogens is 3. The average molecular weight is 304 g/mol. The van der Waals surface area contributed by atoms with Gasteiger partial charge >= 0.3 is 0 Å². The monoisotopic (exact) mass is 304 g/mol. The van der Waals surface area contributed by atoms with Gasteiger partial charge in [-0.2, -0.15) is 0 Å². The van der Waals surface area contributed by atoms with Gasteiger partial charge in [0, 0.05) is 12.1 Å². The van der Waals surface area contributed by atoms with E-state index in [4.69, 9.17) is 10.5 Å². The van der Waals surface area contributed by atoms with Crippen molar-refractivity contribution >= 4 is 17.7 Å². The largest absolute Gasteiger partial charge is 0.497 e. The zero-order chi connectivity index (χ0) is 15.2. The zero-order valence-corrected chi connectivity index (χ0v) is 12.5. The highest BCUT2D eigenvalue weighted by molar-refractivity contribution is 7.99. The van der Waals surface area contributed by atoms with Crippen molar-refractivity contribution in [1.29, 1.82) is 0 Å². The molecule has 0 unspecified atom stereocenters. The maximum Gasteiger partial charge on any atom is 0.227 e. The van der Waals surface area contributed by atoms with Gasteiger partial charge in [-0.25, -0.2) is 0 Å². The molecule has 0 radical (unpaired) electrons. The summed E-state index contributed by atoms with van der Waals surface area (Å²) in [6.07, 6.45) is 1.75. The van der Waals surface area contributed by atoms with Gasteiger partial charge in [-0.3, -0.25) is 9.36 Å².